The first-order chi connectivity index (χ1) is 12.5. The van der Waals surface area contributed by atoms with Gasteiger partial charge in [-0.2, -0.15) is 0 Å². The number of nitrogens with zero attached hydrogens (tertiary/aromatic N) is 3. The Morgan fingerprint density at radius 3 is 2.69 bits per heavy atom. The molecule has 0 unspecified atom stereocenters. The molecule has 0 spiro atoms. The molecule has 0 aliphatic rings. The Bertz CT molecular complexity index is 916. The molecule has 0 aliphatic carbocycles. The number of thiophene rings is 1. The van der Waals surface area contributed by atoms with Gasteiger partial charge in [0.1, 0.15) is 0 Å². The van der Waals surface area contributed by atoms with Crippen LogP contribution in [-0.2, 0) is 12.8 Å². The lowest BCUT2D eigenvalue weighted by Crippen LogP contribution is -2.27. The largest absolute Gasteiger partial charge is 0.342 e. The van der Waals surface area contributed by atoms with Crippen molar-refractivity contribution in [1.82, 2.24) is 20.1 Å². The molecule has 1 N–H and O–H groups in total. The number of nitrogens with one attached hydrogen (secondary N) is 1. The normalized spacial score (nSPS) is 12.2. The van der Waals surface area contributed by atoms with E-state index in [0.29, 0.717) is 4.88 Å². The first-order valence-electron chi connectivity index (χ1n) is 8.39. The van der Waals surface area contributed by atoms with Crippen molar-refractivity contribution in [3.63, 3.8) is 0 Å². The predicted molar refractivity (Wildman–Crippen MR) is 107 cm³/mol. The summed E-state index contributed by atoms with van der Waals surface area (Å²) in [4.78, 5) is 14.2. The molecule has 3 rings (SSSR count). The zero-order valence-electron chi connectivity index (χ0n) is 15.3. The molecule has 2 aromatic heterocycles. The molecule has 5 nitrogen and oxygen atoms in total. The van der Waals surface area contributed by atoms with Crippen molar-refractivity contribution in [2.24, 2.45) is 7.05 Å². The molecule has 0 fully saturated rings. The van der Waals surface area contributed by atoms with E-state index in [1.807, 2.05) is 43.7 Å². The highest BCUT2D eigenvalue weighted by Crippen LogP contribution is 2.24. The van der Waals surface area contributed by atoms with Crippen LogP contribution in [0.15, 0.2) is 41.6 Å². The van der Waals surface area contributed by atoms with E-state index in [0.717, 1.165) is 21.6 Å². The average Bonchev–Trinajstić information content (AvgIpc) is 3.20. The number of carbonyl (C=O) groups is 1. The van der Waals surface area contributed by atoms with Crippen LogP contribution in [-0.4, -0.2) is 20.7 Å². The highest BCUT2D eigenvalue weighted by molar-refractivity contribution is 7.98. The van der Waals surface area contributed by atoms with Crippen LogP contribution < -0.4 is 5.32 Å². The second kappa shape index (κ2) is 8.05. The quantitative estimate of drug-likeness (QED) is 0.643. The van der Waals surface area contributed by atoms with Crippen LogP contribution >= 0.6 is 23.1 Å². The summed E-state index contributed by atoms with van der Waals surface area (Å²) in [5.74, 6) is 1.51. The molecule has 1 amide bonds. The van der Waals surface area contributed by atoms with Gasteiger partial charge in [0.15, 0.2) is 11.0 Å². The third-order valence-corrected chi connectivity index (χ3v) is 6.25. The third-order valence-electron chi connectivity index (χ3n) is 4.19. The lowest BCUT2D eigenvalue weighted by atomic mass is 10.1. The first-order valence-corrected chi connectivity index (χ1v) is 10.2. The van der Waals surface area contributed by atoms with Crippen LogP contribution in [0.2, 0.25) is 0 Å². The number of thioether (sulfide) groups is 1. The Labute approximate surface area is 161 Å². The van der Waals surface area contributed by atoms with E-state index in [2.05, 4.69) is 40.6 Å². The molecule has 1 aromatic carbocycles. The van der Waals surface area contributed by atoms with E-state index in [9.17, 15) is 4.79 Å². The van der Waals surface area contributed by atoms with Crippen molar-refractivity contribution in [3.05, 3.63) is 63.1 Å². The van der Waals surface area contributed by atoms with Gasteiger partial charge in [-0.15, -0.1) is 21.5 Å². The van der Waals surface area contributed by atoms with Crippen LogP contribution in [0.4, 0.5) is 0 Å². The van der Waals surface area contributed by atoms with Crippen molar-refractivity contribution >= 4 is 29.0 Å². The molecule has 0 saturated heterocycles. The molecule has 136 valence electrons. The van der Waals surface area contributed by atoms with E-state index in [1.165, 1.54) is 22.5 Å². The summed E-state index contributed by atoms with van der Waals surface area (Å²) in [7, 11) is 1.94. The first kappa shape index (κ1) is 18.7. The predicted octanol–water partition coefficient (Wildman–Crippen LogP) is 4.28. The van der Waals surface area contributed by atoms with Crippen molar-refractivity contribution in [1.29, 1.82) is 0 Å². The lowest BCUT2D eigenvalue weighted by Gasteiger charge is -2.13. The standard InChI is InChI=1S/C19H22N4OS2/c1-12-7-5-6-8-15(12)11-25-19-22-21-17(23(19)4)14(3)20-18(24)16-10-9-13(2)26-16/h5-10,14H,11H2,1-4H3,(H,20,24)/t14-/m1/s1. The molecular weight excluding hydrogens is 364 g/mol. The van der Waals surface area contributed by atoms with Crippen molar-refractivity contribution < 1.29 is 4.79 Å². The number of aromatic nitrogens is 3. The minimum absolute atomic E-state index is 0.0762. The smallest absolute Gasteiger partial charge is 0.261 e. The van der Waals surface area contributed by atoms with E-state index in [-0.39, 0.29) is 11.9 Å². The Morgan fingerprint density at radius 2 is 2.00 bits per heavy atom. The molecule has 26 heavy (non-hydrogen) atoms. The molecular formula is C19H22N4OS2. The Hall–Kier alpha value is -2.12. The van der Waals surface area contributed by atoms with Gasteiger partial charge in [-0.25, -0.2) is 0 Å². The van der Waals surface area contributed by atoms with Gasteiger partial charge in [0.25, 0.3) is 5.91 Å². The molecule has 0 saturated carbocycles. The fourth-order valence-electron chi connectivity index (χ4n) is 2.63. The SMILES string of the molecule is Cc1ccc(C(=O)N[C@H](C)c2nnc(SCc3ccccc3C)n2C)s1. The summed E-state index contributed by atoms with van der Waals surface area (Å²) >= 11 is 3.14. The fourth-order valence-corrected chi connectivity index (χ4v) is 4.40. The molecule has 2 heterocycles. The van der Waals surface area contributed by atoms with Gasteiger partial charge in [0.05, 0.1) is 10.9 Å². The van der Waals surface area contributed by atoms with Gasteiger partial charge in [-0.3, -0.25) is 4.79 Å². The zero-order chi connectivity index (χ0) is 18.7. The van der Waals surface area contributed by atoms with Gasteiger partial charge >= 0.3 is 0 Å². The maximum Gasteiger partial charge on any atom is 0.261 e. The summed E-state index contributed by atoms with van der Waals surface area (Å²) in [6.07, 6.45) is 0. The van der Waals surface area contributed by atoms with Gasteiger partial charge in [-0.05, 0) is 44.0 Å². The van der Waals surface area contributed by atoms with Crippen LogP contribution in [0.3, 0.4) is 0 Å². The molecule has 1 atom stereocenters. The lowest BCUT2D eigenvalue weighted by molar-refractivity contribution is 0.0942. The van der Waals surface area contributed by atoms with Crippen LogP contribution in [0.1, 0.15) is 44.5 Å². The Morgan fingerprint density at radius 1 is 1.23 bits per heavy atom. The number of rotatable bonds is 6. The molecule has 0 radical (unpaired) electrons. The summed E-state index contributed by atoms with van der Waals surface area (Å²) in [6.45, 7) is 6.03. The summed E-state index contributed by atoms with van der Waals surface area (Å²) in [5, 5.41) is 12.4. The zero-order valence-corrected chi connectivity index (χ0v) is 16.9. The van der Waals surface area contributed by atoms with Crippen molar-refractivity contribution in [3.8, 4) is 0 Å². The number of aryl methyl sites for hydroxylation is 2. The highest BCUT2D eigenvalue weighted by atomic mass is 32.2. The third kappa shape index (κ3) is 4.16. The van der Waals surface area contributed by atoms with Gasteiger partial charge in [0.2, 0.25) is 0 Å². The minimum Gasteiger partial charge on any atom is -0.342 e. The van der Waals surface area contributed by atoms with Gasteiger partial charge < -0.3 is 9.88 Å². The highest BCUT2D eigenvalue weighted by Gasteiger charge is 2.19. The van der Waals surface area contributed by atoms with E-state index in [1.54, 1.807) is 11.8 Å². The summed E-state index contributed by atoms with van der Waals surface area (Å²) in [6, 6.07) is 11.9. The number of amides is 1. The Kier molecular flexibility index (Phi) is 5.78. The molecule has 7 heteroatoms. The van der Waals surface area contributed by atoms with E-state index >= 15 is 0 Å². The maximum atomic E-state index is 12.3. The average molecular weight is 387 g/mol. The minimum atomic E-state index is -0.213. The molecule has 0 bridgehead atoms. The summed E-state index contributed by atoms with van der Waals surface area (Å²) < 4.78 is 1.95. The number of benzene rings is 1. The van der Waals surface area contributed by atoms with E-state index in [4.69, 9.17) is 0 Å². The molecule has 0 aliphatic heterocycles. The van der Waals surface area contributed by atoms with Crippen molar-refractivity contribution in [2.45, 2.75) is 37.7 Å². The van der Waals surface area contributed by atoms with E-state index < -0.39 is 0 Å². The summed E-state index contributed by atoms with van der Waals surface area (Å²) in [5.41, 5.74) is 2.56. The number of carbonyl (C=O) groups excluding carboxylic acids is 1. The number of hydrogen-bond donors (Lipinski definition) is 1. The second-order valence-corrected chi connectivity index (χ2v) is 8.45. The van der Waals surface area contributed by atoms with Crippen LogP contribution in [0, 0.1) is 13.8 Å². The fraction of sp³-hybridized carbons (Fsp3) is 0.316. The monoisotopic (exact) mass is 386 g/mol. The Balaban J connectivity index is 1.66. The number of hydrogen-bond acceptors (Lipinski definition) is 5. The molecule has 3 aromatic rings. The van der Waals surface area contributed by atoms with Gasteiger partial charge in [-0.1, -0.05) is 36.0 Å². The topological polar surface area (TPSA) is 59.8 Å². The second-order valence-electron chi connectivity index (χ2n) is 6.22. The van der Waals surface area contributed by atoms with Crippen molar-refractivity contribution in [2.75, 3.05) is 0 Å². The van der Waals surface area contributed by atoms with Gasteiger partial charge in [0, 0.05) is 17.7 Å². The van der Waals surface area contributed by atoms with Crippen LogP contribution in [0.5, 0.6) is 0 Å². The maximum absolute atomic E-state index is 12.3. The van der Waals surface area contributed by atoms with Crippen LogP contribution in [0.25, 0.3) is 0 Å².